The summed E-state index contributed by atoms with van der Waals surface area (Å²) in [5.41, 5.74) is 0.547. The zero-order chi connectivity index (χ0) is 33.2. The van der Waals surface area contributed by atoms with Crippen LogP contribution in [0.4, 0.5) is 18.9 Å². The number of hydrogen-bond acceptors (Lipinski definition) is 5. The standard InChI is InChI=1S/C32H39ClF3NO5SSi/c1-20(31-24(33)10-9-11-26(31)35)16-22-12-15-28(27(36)17-22)37(21(2)29(38)19-42-44(7,8)32(3,4)5)43(39,40)23-13-14-25(34)30(18-23)41-6/h9-18,21,29,38H,19H2,1-8H3/b20-16+/t21-,29+/m1/s1. The van der Waals surface area contributed by atoms with E-state index in [1.807, 2.05) is 33.9 Å². The number of ether oxygens (including phenoxy) is 1. The van der Waals surface area contributed by atoms with Crippen molar-refractivity contribution in [1.29, 1.82) is 0 Å². The van der Waals surface area contributed by atoms with Gasteiger partial charge in [0, 0.05) is 11.6 Å². The fourth-order valence-corrected chi connectivity index (χ4v) is 7.32. The minimum Gasteiger partial charge on any atom is -0.494 e. The number of allylic oxidation sites excluding steroid dienone is 1. The van der Waals surface area contributed by atoms with Crippen molar-refractivity contribution in [3.05, 3.63) is 88.2 Å². The molecule has 240 valence electrons. The molecule has 2 atom stereocenters. The van der Waals surface area contributed by atoms with E-state index in [0.717, 1.165) is 28.6 Å². The molecule has 0 heterocycles. The van der Waals surface area contributed by atoms with Crippen molar-refractivity contribution in [1.82, 2.24) is 0 Å². The van der Waals surface area contributed by atoms with E-state index in [-0.39, 0.29) is 38.6 Å². The summed E-state index contributed by atoms with van der Waals surface area (Å²) in [7, 11) is -5.72. The van der Waals surface area contributed by atoms with Gasteiger partial charge in [-0.2, -0.15) is 0 Å². The van der Waals surface area contributed by atoms with Crippen LogP contribution in [0.15, 0.2) is 59.5 Å². The first-order valence-electron chi connectivity index (χ1n) is 13.9. The van der Waals surface area contributed by atoms with Gasteiger partial charge in [0.05, 0.1) is 41.5 Å². The first-order chi connectivity index (χ1) is 20.3. The molecule has 0 fully saturated rings. The van der Waals surface area contributed by atoms with Crippen molar-refractivity contribution >= 4 is 47.3 Å². The first-order valence-corrected chi connectivity index (χ1v) is 18.7. The van der Waals surface area contributed by atoms with E-state index in [4.69, 9.17) is 20.8 Å². The Balaban J connectivity index is 2.10. The molecular formula is C32H39ClF3NO5SSi. The molecule has 12 heteroatoms. The summed E-state index contributed by atoms with van der Waals surface area (Å²) < 4.78 is 84.5. The molecule has 0 saturated heterocycles. The van der Waals surface area contributed by atoms with Gasteiger partial charge in [0.2, 0.25) is 0 Å². The lowest BCUT2D eigenvalue weighted by atomic mass is 10.0. The summed E-state index contributed by atoms with van der Waals surface area (Å²) >= 11 is 6.18. The molecule has 3 aromatic carbocycles. The van der Waals surface area contributed by atoms with Crippen LogP contribution in [0, 0.1) is 17.5 Å². The van der Waals surface area contributed by atoms with Crippen LogP contribution in [0.2, 0.25) is 23.2 Å². The third kappa shape index (κ3) is 7.68. The number of halogens is 4. The van der Waals surface area contributed by atoms with Gasteiger partial charge >= 0.3 is 0 Å². The average molecular weight is 670 g/mol. The Morgan fingerprint density at radius 2 is 1.70 bits per heavy atom. The Morgan fingerprint density at radius 1 is 1.05 bits per heavy atom. The summed E-state index contributed by atoms with van der Waals surface area (Å²) in [4.78, 5) is -0.367. The van der Waals surface area contributed by atoms with Gasteiger partial charge in [-0.05, 0) is 79.5 Å². The van der Waals surface area contributed by atoms with Crippen LogP contribution < -0.4 is 9.04 Å². The summed E-state index contributed by atoms with van der Waals surface area (Å²) in [5, 5.41) is 11.2. The highest BCUT2D eigenvalue weighted by molar-refractivity contribution is 7.92. The third-order valence-electron chi connectivity index (χ3n) is 7.98. The smallest absolute Gasteiger partial charge is 0.264 e. The second-order valence-electron chi connectivity index (χ2n) is 12.1. The van der Waals surface area contributed by atoms with Crippen LogP contribution in [-0.4, -0.2) is 47.7 Å². The molecule has 0 aliphatic carbocycles. The number of aliphatic hydroxyl groups excluding tert-OH is 1. The summed E-state index contributed by atoms with van der Waals surface area (Å²) in [6, 6.07) is 9.87. The van der Waals surface area contributed by atoms with Gasteiger partial charge < -0.3 is 14.3 Å². The van der Waals surface area contributed by atoms with Crippen LogP contribution >= 0.6 is 11.6 Å². The Hall–Kier alpha value is -2.83. The number of rotatable bonds is 11. The lowest BCUT2D eigenvalue weighted by Gasteiger charge is -2.39. The van der Waals surface area contributed by atoms with Crippen molar-refractivity contribution in [3.63, 3.8) is 0 Å². The van der Waals surface area contributed by atoms with Crippen molar-refractivity contribution in [2.24, 2.45) is 0 Å². The van der Waals surface area contributed by atoms with Crippen molar-refractivity contribution in [2.45, 2.75) is 69.8 Å². The second-order valence-corrected chi connectivity index (χ2v) is 19.1. The molecular weight excluding hydrogens is 631 g/mol. The van der Waals surface area contributed by atoms with E-state index < -0.39 is 47.9 Å². The Labute approximate surface area is 264 Å². The van der Waals surface area contributed by atoms with Crippen LogP contribution in [0.5, 0.6) is 5.75 Å². The van der Waals surface area contributed by atoms with Gasteiger partial charge in [0.15, 0.2) is 19.9 Å². The van der Waals surface area contributed by atoms with Crippen molar-refractivity contribution in [2.75, 3.05) is 18.0 Å². The van der Waals surface area contributed by atoms with Crippen LogP contribution in [-0.2, 0) is 14.4 Å². The molecule has 3 rings (SSSR count). The maximum absolute atomic E-state index is 15.9. The first kappa shape index (κ1) is 35.6. The van der Waals surface area contributed by atoms with E-state index >= 15 is 4.39 Å². The molecule has 0 bridgehead atoms. The summed E-state index contributed by atoms with van der Waals surface area (Å²) in [6.07, 6.45) is 0.164. The highest BCUT2D eigenvalue weighted by atomic mass is 35.5. The maximum atomic E-state index is 15.9. The number of sulfonamides is 1. The lowest BCUT2D eigenvalue weighted by Crippen LogP contribution is -2.50. The average Bonchev–Trinajstić information content (AvgIpc) is 2.92. The molecule has 0 spiro atoms. The Kier molecular flexibility index (Phi) is 11.1. The summed E-state index contributed by atoms with van der Waals surface area (Å²) in [6.45, 7) is 12.9. The molecule has 0 aliphatic rings. The van der Waals surface area contributed by atoms with Crippen LogP contribution in [0.25, 0.3) is 11.6 Å². The normalized spacial score (nSPS) is 14.3. The zero-order valence-electron chi connectivity index (χ0n) is 26.1. The molecule has 0 aliphatic heterocycles. The molecule has 44 heavy (non-hydrogen) atoms. The van der Waals surface area contributed by atoms with Crippen LogP contribution in [0.1, 0.15) is 45.7 Å². The van der Waals surface area contributed by atoms with Gasteiger partial charge in [-0.1, -0.05) is 50.6 Å². The Bertz CT molecular complexity index is 1620. The number of nitrogens with zero attached hydrogens (tertiary/aromatic N) is 1. The second kappa shape index (κ2) is 13.7. The van der Waals surface area contributed by atoms with Gasteiger partial charge in [-0.3, -0.25) is 4.31 Å². The topological polar surface area (TPSA) is 76.1 Å². The van der Waals surface area contributed by atoms with E-state index in [9.17, 15) is 22.3 Å². The molecule has 0 aromatic heterocycles. The fraction of sp³-hybridized carbons (Fsp3) is 0.375. The predicted octanol–water partition coefficient (Wildman–Crippen LogP) is 8.29. The van der Waals surface area contributed by atoms with E-state index in [1.165, 1.54) is 50.4 Å². The number of aliphatic hydroxyl groups is 1. The van der Waals surface area contributed by atoms with E-state index in [2.05, 4.69) is 0 Å². The molecule has 0 saturated carbocycles. The molecule has 0 amide bonds. The van der Waals surface area contributed by atoms with E-state index in [0.29, 0.717) is 11.1 Å². The minimum atomic E-state index is -4.58. The predicted molar refractivity (Wildman–Crippen MR) is 173 cm³/mol. The van der Waals surface area contributed by atoms with Gasteiger partial charge in [-0.25, -0.2) is 21.6 Å². The number of benzene rings is 3. The largest absolute Gasteiger partial charge is 0.494 e. The van der Waals surface area contributed by atoms with Crippen molar-refractivity contribution < 1.29 is 35.9 Å². The maximum Gasteiger partial charge on any atom is 0.264 e. The Morgan fingerprint density at radius 3 is 2.27 bits per heavy atom. The number of anilines is 1. The van der Waals surface area contributed by atoms with Crippen LogP contribution in [0.3, 0.4) is 0 Å². The molecule has 0 radical (unpaired) electrons. The van der Waals surface area contributed by atoms with E-state index in [1.54, 1.807) is 6.92 Å². The van der Waals surface area contributed by atoms with Gasteiger partial charge in [0.1, 0.15) is 11.6 Å². The molecule has 1 N–H and O–H groups in total. The summed E-state index contributed by atoms with van der Waals surface area (Å²) in [5.74, 6) is -2.56. The molecule has 0 unspecified atom stereocenters. The van der Waals surface area contributed by atoms with Crippen molar-refractivity contribution in [3.8, 4) is 5.75 Å². The quantitative estimate of drug-likeness (QED) is 0.164. The highest BCUT2D eigenvalue weighted by Gasteiger charge is 2.40. The fourth-order valence-electron chi connectivity index (χ4n) is 4.28. The molecule has 3 aromatic rings. The lowest BCUT2D eigenvalue weighted by molar-refractivity contribution is 0.0845. The zero-order valence-corrected chi connectivity index (χ0v) is 28.7. The molecule has 6 nitrogen and oxygen atoms in total. The third-order valence-corrected chi connectivity index (χ3v) is 14.7. The number of methoxy groups -OCH3 is 1. The highest BCUT2D eigenvalue weighted by Crippen LogP contribution is 2.38. The SMILES string of the molecule is COc1cc(S(=O)(=O)N(c2ccc(/C=C(\C)c3c(F)cccc3Cl)cc2F)[C@H](C)[C@@H](O)CO[Si](C)(C)C(C)(C)C)ccc1F. The number of hydrogen-bond donors (Lipinski definition) is 1. The minimum absolute atomic E-state index is 0.159. The monoisotopic (exact) mass is 669 g/mol. The van der Waals surface area contributed by atoms with Gasteiger partial charge in [-0.15, -0.1) is 0 Å². The van der Waals surface area contributed by atoms with Gasteiger partial charge in [0.25, 0.3) is 10.0 Å².